The summed E-state index contributed by atoms with van der Waals surface area (Å²) in [4.78, 5) is 0. The third kappa shape index (κ3) is 4.13. The molecule has 2 rings (SSSR count). The fourth-order valence-corrected chi connectivity index (χ4v) is 2.38. The van der Waals surface area contributed by atoms with Crippen LogP contribution < -0.4 is 14.8 Å². The van der Waals surface area contributed by atoms with Crippen molar-refractivity contribution in [1.29, 1.82) is 0 Å². The first-order chi connectivity index (χ1) is 10.3. The van der Waals surface area contributed by atoms with Crippen LogP contribution in [-0.2, 0) is 0 Å². The molecule has 2 aromatic carbocycles. The SMILES string of the molecule is CCNC(COc1ccccc1Cl)c1ccccc1OC. The number of methoxy groups -OCH3 is 1. The van der Waals surface area contributed by atoms with Gasteiger partial charge >= 0.3 is 0 Å². The van der Waals surface area contributed by atoms with E-state index in [9.17, 15) is 0 Å². The van der Waals surface area contributed by atoms with E-state index >= 15 is 0 Å². The lowest BCUT2D eigenvalue weighted by atomic mass is 10.1. The summed E-state index contributed by atoms with van der Waals surface area (Å²) >= 11 is 6.12. The smallest absolute Gasteiger partial charge is 0.137 e. The van der Waals surface area contributed by atoms with Gasteiger partial charge in [-0.3, -0.25) is 0 Å². The highest BCUT2D eigenvalue weighted by molar-refractivity contribution is 6.32. The van der Waals surface area contributed by atoms with Gasteiger partial charge in [-0.05, 0) is 24.7 Å². The monoisotopic (exact) mass is 305 g/mol. The van der Waals surface area contributed by atoms with Crippen LogP contribution in [0, 0.1) is 0 Å². The summed E-state index contributed by atoms with van der Waals surface area (Å²) in [6.45, 7) is 3.39. The average Bonchev–Trinajstić information content (AvgIpc) is 2.53. The second kappa shape index (κ2) is 7.91. The third-order valence-electron chi connectivity index (χ3n) is 3.21. The van der Waals surface area contributed by atoms with Gasteiger partial charge in [0, 0.05) is 5.56 Å². The van der Waals surface area contributed by atoms with E-state index in [0.29, 0.717) is 17.4 Å². The molecule has 2 aromatic rings. The minimum Gasteiger partial charge on any atom is -0.496 e. The molecule has 1 atom stereocenters. The van der Waals surface area contributed by atoms with E-state index in [1.54, 1.807) is 7.11 Å². The number of ether oxygens (including phenoxy) is 2. The van der Waals surface area contributed by atoms with Crippen LogP contribution in [0.5, 0.6) is 11.5 Å². The molecular weight excluding hydrogens is 286 g/mol. The zero-order valence-electron chi connectivity index (χ0n) is 12.3. The van der Waals surface area contributed by atoms with Crippen LogP contribution >= 0.6 is 11.6 Å². The Kier molecular flexibility index (Phi) is 5.90. The average molecular weight is 306 g/mol. The predicted octanol–water partition coefficient (Wildman–Crippen LogP) is 4.08. The molecule has 0 fully saturated rings. The Hall–Kier alpha value is -1.71. The molecule has 1 unspecified atom stereocenters. The summed E-state index contributed by atoms with van der Waals surface area (Å²) in [5, 5.41) is 4.03. The van der Waals surface area contributed by atoms with E-state index in [4.69, 9.17) is 21.1 Å². The van der Waals surface area contributed by atoms with Crippen molar-refractivity contribution in [3.63, 3.8) is 0 Å². The lowest BCUT2D eigenvalue weighted by molar-refractivity contribution is 0.264. The fraction of sp³-hybridized carbons (Fsp3) is 0.294. The van der Waals surface area contributed by atoms with Gasteiger partial charge in [0.1, 0.15) is 18.1 Å². The Balaban J connectivity index is 2.14. The minimum atomic E-state index is 0.0439. The van der Waals surface area contributed by atoms with Crippen LogP contribution in [0.4, 0.5) is 0 Å². The largest absolute Gasteiger partial charge is 0.496 e. The number of halogens is 1. The van der Waals surface area contributed by atoms with E-state index in [1.807, 2.05) is 48.5 Å². The van der Waals surface area contributed by atoms with Crippen LogP contribution in [0.15, 0.2) is 48.5 Å². The van der Waals surface area contributed by atoms with Crippen LogP contribution in [0.1, 0.15) is 18.5 Å². The molecule has 0 saturated carbocycles. The Morgan fingerprint density at radius 2 is 1.71 bits per heavy atom. The summed E-state index contributed by atoms with van der Waals surface area (Å²) in [7, 11) is 1.68. The highest BCUT2D eigenvalue weighted by Crippen LogP contribution is 2.28. The van der Waals surface area contributed by atoms with Crippen LogP contribution in [0.25, 0.3) is 0 Å². The Bertz CT molecular complexity index is 574. The Morgan fingerprint density at radius 3 is 2.38 bits per heavy atom. The van der Waals surface area contributed by atoms with Crippen LogP contribution in [-0.4, -0.2) is 20.3 Å². The maximum atomic E-state index is 6.12. The molecule has 0 aliphatic rings. The van der Waals surface area contributed by atoms with Crippen molar-refractivity contribution < 1.29 is 9.47 Å². The van der Waals surface area contributed by atoms with Crippen molar-refractivity contribution in [2.24, 2.45) is 0 Å². The molecular formula is C17H20ClNO2. The predicted molar refractivity (Wildman–Crippen MR) is 86.4 cm³/mol. The summed E-state index contributed by atoms with van der Waals surface area (Å²) in [5.41, 5.74) is 1.08. The maximum absolute atomic E-state index is 6.12. The molecule has 0 amide bonds. The van der Waals surface area contributed by atoms with Crippen molar-refractivity contribution in [3.8, 4) is 11.5 Å². The topological polar surface area (TPSA) is 30.5 Å². The number of hydrogen-bond donors (Lipinski definition) is 1. The molecule has 112 valence electrons. The zero-order valence-corrected chi connectivity index (χ0v) is 13.1. The molecule has 21 heavy (non-hydrogen) atoms. The van der Waals surface area contributed by atoms with Gasteiger partial charge in [-0.1, -0.05) is 48.9 Å². The lowest BCUT2D eigenvalue weighted by Gasteiger charge is -2.21. The van der Waals surface area contributed by atoms with E-state index in [0.717, 1.165) is 17.9 Å². The summed E-state index contributed by atoms with van der Waals surface area (Å²) < 4.78 is 11.3. The molecule has 1 N–H and O–H groups in total. The zero-order chi connectivity index (χ0) is 15.1. The van der Waals surface area contributed by atoms with Gasteiger partial charge in [-0.2, -0.15) is 0 Å². The quantitative estimate of drug-likeness (QED) is 0.836. The van der Waals surface area contributed by atoms with Gasteiger partial charge in [-0.25, -0.2) is 0 Å². The van der Waals surface area contributed by atoms with E-state index in [-0.39, 0.29) is 6.04 Å². The highest BCUT2D eigenvalue weighted by Gasteiger charge is 2.16. The summed E-state index contributed by atoms with van der Waals surface area (Å²) in [6, 6.07) is 15.5. The van der Waals surface area contributed by atoms with E-state index < -0.39 is 0 Å². The second-order valence-corrected chi connectivity index (χ2v) is 5.00. The number of rotatable bonds is 7. The van der Waals surface area contributed by atoms with Crippen LogP contribution in [0.3, 0.4) is 0 Å². The number of nitrogens with one attached hydrogen (secondary N) is 1. The molecule has 0 radical (unpaired) electrons. The first kappa shape index (κ1) is 15.7. The summed E-state index contributed by atoms with van der Waals surface area (Å²) in [5.74, 6) is 1.54. The molecule has 0 saturated heterocycles. The van der Waals surface area contributed by atoms with Crippen molar-refractivity contribution >= 4 is 11.6 Å². The van der Waals surface area contributed by atoms with Crippen LogP contribution in [0.2, 0.25) is 5.02 Å². The van der Waals surface area contributed by atoms with Crippen molar-refractivity contribution in [2.45, 2.75) is 13.0 Å². The van der Waals surface area contributed by atoms with E-state index in [1.165, 1.54) is 0 Å². The fourth-order valence-electron chi connectivity index (χ4n) is 2.19. The minimum absolute atomic E-state index is 0.0439. The molecule has 0 aliphatic carbocycles. The van der Waals surface area contributed by atoms with Crippen molar-refractivity contribution in [1.82, 2.24) is 5.32 Å². The number of likely N-dealkylation sites (N-methyl/N-ethyl adjacent to an activating group) is 1. The van der Waals surface area contributed by atoms with E-state index in [2.05, 4.69) is 12.2 Å². The third-order valence-corrected chi connectivity index (χ3v) is 3.52. The van der Waals surface area contributed by atoms with Gasteiger partial charge in [0.2, 0.25) is 0 Å². The number of para-hydroxylation sites is 2. The van der Waals surface area contributed by atoms with Gasteiger partial charge in [0.05, 0.1) is 18.2 Å². The van der Waals surface area contributed by atoms with Gasteiger partial charge in [0.15, 0.2) is 0 Å². The van der Waals surface area contributed by atoms with Crippen molar-refractivity contribution in [2.75, 3.05) is 20.3 Å². The van der Waals surface area contributed by atoms with Gasteiger partial charge < -0.3 is 14.8 Å². The Labute approximate surface area is 130 Å². The standard InChI is InChI=1S/C17H20ClNO2/c1-3-19-15(13-8-4-6-10-16(13)20-2)12-21-17-11-7-5-9-14(17)18/h4-11,15,19H,3,12H2,1-2H3. The van der Waals surface area contributed by atoms with Gasteiger partial charge in [0.25, 0.3) is 0 Å². The summed E-state index contributed by atoms with van der Waals surface area (Å²) in [6.07, 6.45) is 0. The molecule has 0 heterocycles. The Morgan fingerprint density at radius 1 is 1.05 bits per heavy atom. The molecule has 3 nitrogen and oxygen atoms in total. The molecule has 0 bridgehead atoms. The highest BCUT2D eigenvalue weighted by atomic mass is 35.5. The second-order valence-electron chi connectivity index (χ2n) is 4.59. The lowest BCUT2D eigenvalue weighted by Crippen LogP contribution is -2.27. The first-order valence-corrected chi connectivity index (χ1v) is 7.37. The molecule has 4 heteroatoms. The molecule has 0 aliphatic heterocycles. The normalized spacial score (nSPS) is 12.0. The maximum Gasteiger partial charge on any atom is 0.137 e. The number of hydrogen-bond acceptors (Lipinski definition) is 3. The van der Waals surface area contributed by atoms with Gasteiger partial charge in [-0.15, -0.1) is 0 Å². The molecule has 0 spiro atoms. The number of benzene rings is 2. The molecule has 0 aromatic heterocycles. The first-order valence-electron chi connectivity index (χ1n) is 7.00. The van der Waals surface area contributed by atoms with Crippen molar-refractivity contribution in [3.05, 3.63) is 59.1 Å².